The third kappa shape index (κ3) is 7.26. The van der Waals surface area contributed by atoms with Crippen molar-refractivity contribution in [3.05, 3.63) is 47.3 Å². The molecule has 2 heteroatoms. The Balaban J connectivity index is 1.28. The Labute approximate surface area is 183 Å². The second-order valence-corrected chi connectivity index (χ2v) is 9.89. The number of unbranched alkanes of at least 4 members (excludes halogenated alkanes) is 1. The van der Waals surface area contributed by atoms with Gasteiger partial charge in [0.2, 0.25) is 0 Å². The quantitative estimate of drug-likeness (QED) is 0.297. The SMILES string of the molecule is CCCc1ccc(CCCCC2CCC(C3CCC(/C=C(/F)C#N)CC3)CC2)cc1. The number of aryl methyl sites for hydroxylation is 2. The summed E-state index contributed by atoms with van der Waals surface area (Å²) in [5, 5.41) is 8.62. The standard InChI is InChI=1S/C28H40FN/c1-2-5-22-8-10-23(11-9-22)6-3-4-7-24-12-16-26(17-13-24)27-18-14-25(15-19-27)20-28(29)21-30/h8-11,20,24-27H,2-7,12-19H2,1H3/b28-20+. The fourth-order valence-electron chi connectivity index (χ4n) is 5.90. The molecule has 2 saturated carbocycles. The van der Waals surface area contributed by atoms with Crippen molar-refractivity contribution in [3.8, 4) is 6.07 Å². The highest BCUT2D eigenvalue weighted by molar-refractivity contribution is 5.22. The van der Waals surface area contributed by atoms with Crippen LogP contribution in [0.1, 0.15) is 95.1 Å². The monoisotopic (exact) mass is 409 g/mol. The summed E-state index contributed by atoms with van der Waals surface area (Å²) in [6.07, 6.45) is 19.5. The first-order valence-electron chi connectivity index (χ1n) is 12.5. The zero-order valence-corrected chi connectivity index (χ0v) is 18.9. The van der Waals surface area contributed by atoms with Gasteiger partial charge in [-0.1, -0.05) is 63.3 Å². The van der Waals surface area contributed by atoms with E-state index in [1.165, 1.54) is 88.2 Å². The summed E-state index contributed by atoms with van der Waals surface area (Å²) in [5.41, 5.74) is 2.97. The van der Waals surface area contributed by atoms with Crippen molar-refractivity contribution < 1.29 is 4.39 Å². The second-order valence-electron chi connectivity index (χ2n) is 9.89. The van der Waals surface area contributed by atoms with Crippen molar-refractivity contribution in [2.24, 2.45) is 23.7 Å². The van der Waals surface area contributed by atoms with Crippen molar-refractivity contribution >= 4 is 0 Å². The van der Waals surface area contributed by atoms with Gasteiger partial charge >= 0.3 is 0 Å². The molecule has 0 atom stereocenters. The number of allylic oxidation sites excluding steroid dienone is 2. The Morgan fingerprint density at radius 3 is 2.03 bits per heavy atom. The number of benzene rings is 1. The van der Waals surface area contributed by atoms with Crippen molar-refractivity contribution in [3.63, 3.8) is 0 Å². The minimum absolute atomic E-state index is 0.292. The van der Waals surface area contributed by atoms with E-state index in [0.29, 0.717) is 5.92 Å². The normalized spacial score (nSPS) is 27.6. The van der Waals surface area contributed by atoms with Crippen LogP contribution in [-0.4, -0.2) is 0 Å². The molecule has 1 nitrogen and oxygen atoms in total. The van der Waals surface area contributed by atoms with Crippen LogP contribution < -0.4 is 0 Å². The maximum absolute atomic E-state index is 13.2. The van der Waals surface area contributed by atoms with Crippen LogP contribution in [0.15, 0.2) is 36.2 Å². The van der Waals surface area contributed by atoms with Gasteiger partial charge in [0.05, 0.1) is 0 Å². The maximum atomic E-state index is 13.2. The fourth-order valence-corrected chi connectivity index (χ4v) is 5.90. The molecule has 0 aromatic heterocycles. The van der Waals surface area contributed by atoms with Crippen LogP contribution >= 0.6 is 0 Å². The number of hydrogen-bond acceptors (Lipinski definition) is 1. The van der Waals surface area contributed by atoms with Crippen molar-refractivity contribution in [2.45, 2.75) is 96.8 Å². The van der Waals surface area contributed by atoms with E-state index in [1.807, 2.05) is 0 Å². The van der Waals surface area contributed by atoms with Crippen LogP contribution in [0.5, 0.6) is 0 Å². The third-order valence-corrected chi connectivity index (χ3v) is 7.75. The van der Waals surface area contributed by atoms with Gasteiger partial charge < -0.3 is 0 Å². The number of halogens is 1. The summed E-state index contributed by atoms with van der Waals surface area (Å²) in [7, 11) is 0. The molecular weight excluding hydrogens is 369 g/mol. The summed E-state index contributed by atoms with van der Waals surface area (Å²) in [6.45, 7) is 2.24. The highest BCUT2D eigenvalue weighted by Gasteiger charge is 2.30. The molecule has 2 aliphatic rings. The van der Waals surface area contributed by atoms with Gasteiger partial charge in [0.1, 0.15) is 6.07 Å². The first-order valence-corrected chi connectivity index (χ1v) is 12.5. The van der Waals surface area contributed by atoms with Gasteiger partial charge in [-0.05, 0) is 98.7 Å². The minimum Gasteiger partial charge on any atom is -0.195 e. The molecule has 0 unspecified atom stereocenters. The highest BCUT2D eigenvalue weighted by atomic mass is 19.1. The van der Waals surface area contributed by atoms with Crippen LogP contribution in [0.25, 0.3) is 0 Å². The second kappa shape index (κ2) is 12.3. The average molecular weight is 410 g/mol. The lowest BCUT2D eigenvalue weighted by atomic mass is 9.68. The Morgan fingerprint density at radius 1 is 0.900 bits per heavy atom. The lowest BCUT2D eigenvalue weighted by Crippen LogP contribution is -2.25. The molecule has 1 aromatic rings. The van der Waals surface area contributed by atoms with Crippen molar-refractivity contribution in [1.29, 1.82) is 5.26 Å². The molecule has 0 aliphatic heterocycles. The summed E-state index contributed by atoms with van der Waals surface area (Å²) < 4.78 is 13.2. The molecule has 2 fully saturated rings. The van der Waals surface area contributed by atoms with Gasteiger partial charge in [0.15, 0.2) is 5.83 Å². The maximum Gasteiger partial charge on any atom is 0.196 e. The highest BCUT2D eigenvalue weighted by Crippen LogP contribution is 2.42. The molecule has 0 saturated heterocycles. The number of hydrogen-bond donors (Lipinski definition) is 0. The van der Waals surface area contributed by atoms with Crippen molar-refractivity contribution in [2.75, 3.05) is 0 Å². The molecule has 164 valence electrons. The zero-order valence-electron chi connectivity index (χ0n) is 18.9. The summed E-state index contributed by atoms with van der Waals surface area (Å²) in [6, 6.07) is 10.9. The molecule has 0 spiro atoms. The predicted octanol–water partition coefficient (Wildman–Crippen LogP) is 8.34. The molecule has 0 N–H and O–H groups in total. The van der Waals surface area contributed by atoms with Crippen molar-refractivity contribution in [1.82, 2.24) is 0 Å². The van der Waals surface area contributed by atoms with Crippen LogP contribution in [0.2, 0.25) is 0 Å². The predicted molar refractivity (Wildman–Crippen MR) is 124 cm³/mol. The molecule has 2 aliphatic carbocycles. The van der Waals surface area contributed by atoms with E-state index in [2.05, 4.69) is 31.2 Å². The number of rotatable bonds is 9. The Hall–Kier alpha value is -1.62. The van der Waals surface area contributed by atoms with Gasteiger partial charge in [-0.25, -0.2) is 0 Å². The third-order valence-electron chi connectivity index (χ3n) is 7.75. The van der Waals surface area contributed by atoms with Gasteiger partial charge in [-0.2, -0.15) is 9.65 Å². The zero-order chi connectivity index (χ0) is 21.2. The first-order chi connectivity index (χ1) is 14.7. The lowest BCUT2D eigenvalue weighted by molar-refractivity contribution is 0.151. The van der Waals surface area contributed by atoms with E-state index in [4.69, 9.17) is 5.26 Å². The smallest absolute Gasteiger partial charge is 0.195 e. The van der Waals surface area contributed by atoms with Gasteiger partial charge in [0, 0.05) is 0 Å². The van der Waals surface area contributed by atoms with Gasteiger partial charge in [-0.3, -0.25) is 0 Å². The molecular formula is C28H40FN. The van der Waals surface area contributed by atoms with Gasteiger partial charge in [-0.15, -0.1) is 0 Å². The summed E-state index contributed by atoms with van der Waals surface area (Å²) in [5.74, 6) is 2.38. The van der Waals surface area contributed by atoms with E-state index in [1.54, 1.807) is 12.1 Å². The fraction of sp³-hybridized carbons (Fsp3) is 0.679. The van der Waals surface area contributed by atoms with Crippen LogP contribution in [0.4, 0.5) is 4.39 Å². The molecule has 30 heavy (non-hydrogen) atoms. The largest absolute Gasteiger partial charge is 0.196 e. The summed E-state index contributed by atoms with van der Waals surface area (Å²) in [4.78, 5) is 0. The first kappa shape index (κ1) is 23.1. The molecule has 0 heterocycles. The van der Waals surface area contributed by atoms with Crippen LogP contribution in [0, 0.1) is 35.0 Å². The summed E-state index contributed by atoms with van der Waals surface area (Å²) >= 11 is 0. The minimum atomic E-state index is -0.590. The van der Waals surface area contributed by atoms with Crippen LogP contribution in [0.3, 0.4) is 0 Å². The number of nitrogens with zero attached hydrogens (tertiary/aromatic N) is 1. The molecule has 3 rings (SSSR count). The van der Waals surface area contributed by atoms with E-state index >= 15 is 0 Å². The molecule has 0 radical (unpaired) electrons. The molecule has 0 amide bonds. The van der Waals surface area contributed by atoms with E-state index in [9.17, 15) is 4.39 Å². The lowest BCUT2D eigenvalue weighted by Gasteiger charge is -2.37. The van der Waals surface area contributed by atoms with Gasteiger partial charge in [0.25, 0.3) is 0 Å². The Morgan fingerprint density at radius 2 is 1.47 bits per heavy atom. The Bertz CT molecular complexity index is 682. The topological polar surface area (TPSA) is 23.8 Å². The molecule has 1 aromatic carbocycles. The van der Waals surface area contributed by atoms with E-state index in [-0.39, 0.29) is 0 Å². The van der Waals surface area contributed by atoms with Crippen LogP contribution in [-0.2, 0) is 12.8 Å². The van der Waals surface area contributed by atoms with E-state index < -0.39 is 5.83 Å². The van der Waals surface area contributed by atoms with E-state index in [0.717, 1.165) is 30.6 Å². The Kier molecular flexibility index (Phi) is 9.44. The molecule has 0 bridgehead atoms. The number of nitriles is 1. The average Bonchev–Trinajstić information content (AvgIpc) is 2.79.